The van der Waals surface area contributed by atoms with E-state index in [4.69, 9.17) is 18.6 Å². The average molecular weight is 501 g/mol. The van der Waals surface area contributed by atoms with Crippen molar-refractivity contribution in [3.63, 3.8) is 0 Å². The van der Waals surface area contributed by atoms with Gasteiger partial charge >= 0.3 is 0 Å². The number of phenolic OH excluding ortho intramolecular Hbond substituents is 1. The molecular formula is C31H32O6. The third-order valence-electron chi connectivity index (χ3n) is 6.08. The minimum absolute atomic E-state index is 0.0651. The van der Waals surface area contributed by atoms with Gasteiger partial charge < -0.3 is 23.7 Å². The predicted molar refractivity (Wildman–Crippen MR) is 147 cm³/mol. The first-order chi connectivity index (χ1) is 17.6. The molecule has 1 atom stereocenters. The highest BCUT2D eigenvalue weighted by Gasteiger charge is 2.30. The van der Waals surface area contributed by atoms with Gasteiger partial charge in [-0.3, -0.25) is 4.79 Å². The molecule has 0 spiro atoms. The minimum atomic E-state index is -0.798. The molecule has 1 aliphatic heterocycles. The summed E-state index contributed by atoms with van der Waals surface area (Å²) in [6.07, 6.45) is 8.16. The van der Waals surface area contributed by atoms with E-state index in [0.29, 0.717) is 34.1 Å². The number of phenols is 1. The van der Waals surface area contributed by atoms with Gasteiger partial charge in [0, 0.05) is 11.6 Å². The van der Waals surface area contributed by atoms with E-state index in [2.05, 4.69) is 6.58 Å². The number of ether oxygens (including phenoxy) is 3. The van der Waals surface area contributed by atoms with Crippen molar-refractivity contribution in [2.24, 2.45) is 0 Å². The maximum atomic E-state index is 14.2. The fourth-order valence-electron chi connectivity index (χ4n) is 4.28. The normalized spacial score (nSPS) is 14.9. The largest absolute Gasteiger partial charge is 0.507 e. The van der Waals surface area contributed by atoms with Gasteiger partial charge in [0.2, 0.25) is 5.43 Å². The summed E-state index contributed by atoms with van der Waals surface area (Å²) in [6.45, 7) is 13.3. The van der Waals surface area contributed by atoms with Crippen molar-refractivity contribution in [1.82, 2.24) is 0 Å². The summed E-state index contributed by atoms with van der Waals surface area (Å²) in [5, 5.41) is 11.1. The van der Waals surface area contributed by atoms with Gasteiger partial charge in [0.05, 0.1) is 18.2 Å². The summed E-state index contributed by atoms with van der Waals surface area (Å²) in [7, 11) is 1.59. The molecule has 6 heteroatoms. The number of benzene rings is 2. The average Bonchev–Trinajstić information content (AvgIpc) is 2.85. The Balaban J connectivity index is 2.11. The fourth-order valence-corrected chi connectivity index (χ4v) is 4.28. The summed E-state index contributed by atoms with van der Waals surface area (Å²) < 4.78 is 24.1. The zero-order valence-electron chi connectivity index (χ0n) is 22.0. The lowest BCUT2D eigenvalue weighted by atomic mass is 9.95. The molecule has 1 aromatic heterocycles. The maximum Gasteiger partial charge on any atom is 0.204 e. The van der Waals surface area contributed by atoms with Crippen LogP contribution in [0.4, 0.5) is 0 Å². The molecule has 1 unspecified atom stereocenters. The number of rotatable bonds is 7. The summed E-state index contributed by atoms with van der Waals surface area (Å²) in [4.78, 5) is 14.2. The molecule has 0 bridgehead atoms. The Hall–Kier alpha value is -4.19. The van der Waals surface area contributed by atoms with Crippen molar-refractivity contribution in [2.45, 2.75) is 46.3 Å². The molecule has 2 heterocycles. The first-order valence-corrected chi connectivity index (χ1v) is 12.1. The molecule has 0 saturated carbocycles. The van der Waals surface area contributed by atoms with Gasteiger partial charge in [0.25, 0.3) is 0 Å². The van der Waals surface area contributed by atoms with E-state index in [-0.39, 0.29) is 22.3 Å². The number of aromatic hydroxyl groups is 1. The zero-order chi connectivity index (χ0) is 26.9. The number of hydrogen-bond acceptors (Lipinski definition) is 6. The quantitative estimate of drug-likeness (QED) is 0.206. The van der Waals surface area contributed by atoms with Crippen LogP contribution in [-0.4, -0.2) is 17.8 Å². The van der Waals surface area contributed by atoms with Gasteiger partial charge in [-0.1, -0.05) is 12.2 Å². The lowest BCUT2D eigenvalue weighted by Gasteiger charge is -2.28. The highest BCUT2D eigenvalue weighted by Crippen LogP contribution is 2.43. The van der Waals surface area contributed by atoms with Gasteiger partial charge in [0.15, 0.2) is 5.58 Å². The van der Waals surface area contributed by atoms with E-state index in [1.807, 2.05) is 65.0 Å². The topological polar surface area (TPSA) is 78.1 Å². The molecule has 0 aliphatic carbocycles. The van der Waals surface area contributed by atoms with E-state index in [0.717, 1.165) is 5.57 Å². The maximum absolute atomic E-state index is 14.2. The Kier molecular flexibility index (Phi) is 7.03. The van der Waals surface area contributed by atoms with Gasteiger partial charge in [0.1, 0.15) is 45.9 Å². The van der Waals surface area contributed by atoms with Crippen LogP contribution in [0.3, 0.4) is 0 Å². The fraction of sp³-hybridized carbons (Fsp3) is 0.258. The van der Waals surface area contributed by atoms with E-state index in [1.165, 1.54) is 6.07 Å². The second kappa shape index (κ2) is 10.1. The first-order valence-electron chi connectivity index (χ1n) is 12.1. The Bertz CT molecular complexity index is 1500. The Morgan fingerprint density at radius 2 is 1.89 bits per heavy atom. The van der Waals surface area contributed by atoms with E-state index < -0.39 is 17.1 Å². The number of fused-ring (bicyclic) bond motifs is 3. The van der Waals surface area contributed by atoms with Crippen LogP contribution in [0.15, 0.2) is 81.8 Å². The molecule has 192 valence electrons. The van der Waals surface area contributed by atoms with Crippen LogP contribution in [0.25, 0.3) is 28.4 Å². The van der Waals surface area contributed by atoms with Crippen molar-refractivity contribution in [2.75, 3.05) is 7.11 Å². The Morgan fingerprint density at radius 1 is 1.19 bits per heavy atom. The molecule has 0 saturated heterocycles. The number of allylic oxidation sites excluding steroid dienone is 3. The van der Waals surface area contributed by atoms with Crippen molar-refractivity contribution in [1.29, 1.82) is 0 Å². The molecule has 3 aromatic rings. The lowest BCUT2D eigenvalue weighted by Crippen LogP contribution is -2.27. The molecule has 37 heavy (non-hydrogen) atoms. The van der Waals surface area contributed by atoms with Crippen LogP contribution in [-0.2, 0) is 4.74 Å². The van der Waals surface area contributed by atoms with Crippen LogP contribution < -0.4 is 14.9 Å². The van der Waals surface area contributed by atoms with Crippen LogP contribution in [0.1, 0.15) is 51.8 Å². The second-order valence-electron chi connectivity index (χ2n) is 9.63. The molecule has 0 radical (unpaired) electrons. The summed E-state index contributed by atoms with van der Waals surface area (Å²) in [5.74, 6) is 1.72. The molecule has 6 nitrogen and oxygen atoms in total. The van der Waals surface area contributed by atoms with Crippen molar-refractivity contribution < 1.29 is 23.7 Å². The van der Waals surface area contributed by atoms with E-state index in [1.54, 1.807) is 31.4 Å². The SMILES string of the molecule is C=C/C(=C\C)OC(C=C(C)C)c1c(-c2ccc(OC)cc2)oc2c3c(cc(O)c2c1=O)OC(C)(C)C=C3. The van der Waals surface area contributed by atoms with Crippen LogP contribution in [0.2, 0.25) is 0 Å². The third-order valence-corrected chi connectivity index (χ3v) is 6.08. The Morgan fingerprint density at radius 3 is 2.49 bits per heavy atom. The molecule has 4 rings (SSSR count). The van der Waals surface area contributed by atoms with Crippen molar-refractivity contribution >= 4 is 17.0 Å². The summed E-state index contributed by atoms with van der Waals surface area (Å²) in [5.41, 5.74) is 1.73. The van der Waals surface area contributed by atoms with Crippen LogP contribution >= 0.6 is 0 Å². The smallest absolute Gasteiger partial charge is 0.204 e. The van der Waals surface area contributed by atoms with Gasteiger partial charge in [-0.05, 0) is 89.3 Å². The van der Waals surface area contributed by atoms with Crippen molar-refractivity contribution in [3.8, 4) is 28.6 Å². The highest BCUT2D eigenvalue weighted by atomic mass is 16.5. The molecule has 1 N–H and O–H groups in total. The molecule has 0 amide bonds. The second-order valence-corrected chi connectivity index (χ2v) is 9.63. The number of methoxy groups -OCH3 is 1. The van der Waals surface area contributed by atoms with Crippen LogP contribution in [0.5, 0.6) is 17.2 Å². The van der Waals surface area contributed by atoms with Crippen molar-refractivity contribution in [3.05, 3.63) is 93.9 Å². The predicted octanol–water partition coefficient (Wildman–Crippen LogP) is 7.47. The number of hydrogen-bond donors (Lipinski definition) is 1. The van der Waals surface area contributed by atoms with Gasteiger partial charge in [-0.25, -0.2) is 0 Å². The van der Waals surface area contributed by atoms with E-state index >= 15 is 0 Å². The molecule has 0 fully saturated rings. The van der Waals surface area contributed by atoms with Gasteiger partial charge in [-0.2, -0.15) is 0 Å². The lowest BCUT2D eigenvalue weighted by molar-refractivity contribution is 0.158. The Labute approximate surface area is 216 Å². The third kappa shape index (κ3) is 5.05. The highest BCUT2D eigenvalue weighted by molar-refractivity contribution is 5.95. The van der Waals surface area contributed by atoms with Crippen LogP contribution in [0, 0.1) is 0 Å². The summed E-state index contributed by atoms with van der Waals surface area (Å²) in [6, 6.07) is 8.70. The summed E-state index contributed by atoms with van der Waals surface area (Å²) >= 11 is 0. The van der Waals surface area contributed by atoms with E-state index in [9.17, 15) is 9.90 Å². The zero-order valence-corrected chi connectivity index (χ0v) is 22.0. The standard InChI is InChI=1S/C31H32O6/c1-8-20(9-2)35-25(16-18(3)4)27-28(33)26-23(32)17-24-22(14-15-31(5,6)37-24)30(26)36-29(27)19-10-12-21(34-7)13-11-19/h8-17,25,32H,1H2,2-7H3/b20-9+. The molecular weight excluding hydrogens is 468 g/mol. The monoisotopic (exact) mass is 500 g/mol. The molecule has 2 aromatic carbocycles. The molecule has 1 aliphatic rings. The van der Waals surface area contributed by atoms with Gasteiger partial charge in [-0.15, -0.1) is 0 Å². The minimum Gasteiger partial charge on any atom is -0.507 e. The first kappa shape index (κ1) is 25.9.